The first-order chi connectivity index (χ1) is 9.21. The van der Waals surface area contributed by atoms with Crippen molar-refractivity contribution in [3.63, 3.8) is 0 Å². The summed E-state index contributed by atoms with van der Waals surface area (Å²) in [5.41, 5.74) is 0.135. The van der Waals surface area contributed by atoms with Gasteiger partial charge in [0.25, 0.3) is 0 Å². The minimum atomic E-state index is -3.09. The molecule has 2 fully saturated rings. The van der Waals surface area contributed by atoms with Gasteiger partial charge in [-0.15, -0.1) is 0 Å². The van der Waals surface area contributed by atoms with Crippen molar-refractivity contribution >= 4 is 15.8 Å². The molecule has 1 N–H and O–H groups in total. The molecule has 1 saturated carbocycles. The summed E-state index contributed by atoms with van der Waals surface area (Å²) < 4.78 is 23.6. The molecule has 1 saturated heterocycles. The molecule has 0 spiro atoms. The molecule has 0 radical (unpaired) electrons. The maximum Gasteiger partial charge on any atom is 0.304 e. The van der Waals surface area contributed by atoms with Gasteiger partial charge in [-0.05, 0) is 18.3 Å². The first kappa shape index (κ1) is 15.8. The fourth-order valence-corrected chi connectivity index (χ4v) is 5.33. The van der Waals surface area contributed by atoms with E-state index in [0.717, 1.165) is 19.3 Å². The van der Waals surface area contributed by atoms with E-state index in [0.29, 0.717) is 12.6 Å². The highest BCUT2D eigenvalue weighted by molar-refractivity contribution is 7.91. The van der Waals surface area contributed by atoms with E-state index in [1.165, 1.54) is 6.42 Å². The molecule has 0 aromatic carbocycles. The Balaban J connectivity index is 2.20. The van der Waals surface area contributed by atoms with Crippen LogP contribution in [0, 0.1) is 5.41 Å². The van der Waals surface area contributed by atoms with Crippen molar-refractivity contribution in [2.75, 3.05) is 18.1 Å². The predicted octanol–water partition coefficient (Wildman–Crippen LogP) is 1.53. The van der Waals surface area contributed by atoms with Gasteiger partial charge in [0.2, 0.25) is 0 Å². The molecule has 1 heterocycles. The third-order valence-electron chi connectivity index (χ3n) is 4.84. The van der Waals surface area contributed by atoms with Gasteiger partial charge in [0.05, 0.1) is 17.9 Å². The van der Waals surface area contributed by atoms with E-state index in [2.05, 4.69) is 18.7 Å². The van der Waals surface area contributed by atoms with Crippen LogP contribution in [-0.2, 0) is 14.6 Å². The second-order valence-electron chi connectivity index (χ2n) is 6.85. The maximum absolute atomic E-state index is 11.8. The van der Waals surface area contributed by atoms with Gasteiger partial charge in [-0.2, -0.15) is 0 Å². The van der Waals surface area contributed by atoms with Gasteiger partial charge in [0, 0.05) is 18.6 Å². The van der Waals surface area contributed by atoms with E-state index in [4.69, 9.17) is 5.11 Å². The number of hydrogen-bond acceptors (Lipinski definition) is 4. The zero-order valence-electron chi connectivity index (χ0n) is 12.3. The number of nitrogens with zero attached hydrogens (tertiary/aromatic N) is 1. The van der Waals surface area contributed by atoms with Crippen molar-refractivity contribution in [1.82, 2.24) is 4.90 Å². The Morgan fingerprint density at radius 2 is 2.05 bits per heavy atom. The van der Waals surface area contributed by atoms with Crippen LogP contribution in [0.15, 0.2) is 0 Å². The quantitative estimate of drug-likeness (QED) is 0.856. The van der Waals surface area contributed by atoms with Gasteiger partial charge in [0.15, 0.2) is 9.84 Å². The van der Waals surface area contributed by atoms with E-state index in [1.807, 2.05) is 0 Å². The Morgan fingerprint density at radius 3 is 2.65 bits per heavy atom. The largest absolute Gasteiger partial charge is 0.481 e. The van der Waals surface area contributed by atoms with Crippen molar-refractivity contribution in [2.45, 2.75) is 58.0 Å². The smallest absolute Gasteiger partial charge is 0.304 e. The molecule has 5 nitrogen and oxygen atoms in total. The highest BCUT2D eigenvalue weighted by Gasteiger charge is 2.42. The molecule has 116 valence electrons. The van der Waals surface area contributed by atoms with E-state index in [-0.39, 0.29) is 29.4 Å². The lowest BCUT2D eigenvalue weighted by Crippen LogP contribution is -2.58. The molecule has 2 atom stereocenters. The SMILES string of the molecule is CC1(C)CCCCC1N1CCS(=O)(=O)CC1CC(=O)O. The number of carbonyl (C=O) groups is 1. The standard InChI is InChI=1S/C14H25NO4S/c1-14(2)6-4-3-5-12(14)15-7-8-20(18,19)10-11(15)9-13(16)17/h11-12H,3-10H2,1-2H3,(H,16,17). The molecule has 2 unspecified atom stereocenters. The average Bonchev–Trinajstić information content (AvgIpc) is 2.28. The molecule has 20 heavy (non-hydrogen) atoms. The topological polar surface area (TPSA) is 74.7 Å². The summed E-state index contributed by atoms with van der Waals surface area (Å²) in [6.07, 6.45) is 4.45. The van der Waals surface area contributed by atoms with Gasteiger partial charge in [-0.3, -0.25) is 9.69 Å². The molecule has 0 bridgehead atoms. The second-order valence-corrected chi connectivity index (χ2v) is 9.08. The Bertz CT molecular complexity index is 472. The summed E-state index contributed by atoms with van der Waals surface area (Å²) in [6, 6.07) is -0.0651. The zero-order valence-corrected chi connectivity index (χ0v) is 13.2. The fourth-order valence-electron chi connectivity index (χ4n) is 3.78. The van der Waals surface area contributed by atoms with Gasteiger partial charge >= 0.3 is 5.97 Å². The minimum Gasteiger partial charge on any atom is -0.481 e. The third kappa shape index (κ3) is 3.52. The van der Waals surface area contributed by atoms with Crippen LogP contribution in [0.4, 0.5) is 0 Å². The number of carboxylic acids is 1. The Hall–Kier alpha value is -0.620. The van der Waals surface area contributed by atoms with Crippen molar-refractivity contribution in [2.24, 2.45) is 5.41 Å². The molecule has 0 aromatic rings. The van der Waals surface area contributed by atoms with Crippen molar-refractivity contribution in [1.29, 1.82) is 0 Å². The van der Waals surface area contributed by atoms with Crippen LogP contribution in [0.3, 0.4) is 0 Å². The number of carboxylic acid groups (broad SMARTS) is 1. The Morgan fingerprint density at radius 1 is 1.35 bits per heavy atom. The fraction of sp³-hybridized carbons (Fsp3) is 0.929. The number of rotatable bonds is 3. The molecule has 6 heteroatoms. The van der Waals surface area contributed by atoms with Crippen LogP contribution in [0.25, 0.3) is 0 Å². The lowest BCUT2D eigenvalue weighted by Gasteiger charge is -2.49. The molecule has 0 amide bonds. The van der Waals surface area contributed by atoms with Crippen LogP contribution >= 0.6 is 0 Å². The van der Waals surface area contributed by atoms with Gasteiger partial charge < -0.3 is 5.11 Å². The number of hydrogen-bond donors (Lipinski definition) is 1. The zero-order chi connectivity index (χ0) is 15.0. The second kappa shape index (κ2) is 5.64. The maximum atomic E-state index is 11.8. The summed E-state index contributed by atoms with van der Waals surface area (Å²) in [7, 11) is -3.09. The van der Waals surface area contributed by atoms with E-state index in [9.17, 15) is 13.2 Å². The molecule has 2 rings (SSSR count). The van der Waals surface area contributed by atoms with Crippen molar-refractivity contribution < 1.29 is 18.3 Å². The highest BCUT2D eigenvalue weighted by atomic mass is 32.2. The van der Waals surface area contributed by atoms with Gasteiger partial charge in [0.1, 0.15) is 0 Å². The Labute approximate surface area is 121 Å². The third-order valence-corrected chi connectivity index (χ3v) is 6.53. The average molecular weight is 303 g/mol. The highest BCUT2D eigenvalue weighted by Crippen LogP contribution is 2.40. The van der Waals surface area contributed by atoms with E-state index < -0.39 is 15.8 Å². The lowest BCUT2D eigenvalue weighted by molar-refractivity contribution is -0.138. The van der Waals surface area contributed by atoms with Crippen LogP contribution in [-0.4, -0.2) is 54.5 Å². The monoisotopic (exact) mass is 303 g/mol. The summed E-state index contributed by atoms with van der Waals surface area (Å²) >= 11 is 0. The summed E-state index contributed by atoms with van der Waals surface area (Å²) in [6.45, 7) is 4.92. The van der Waals surface area contributed by atoms with Crippen molar-refractivity contribution in [3.05, 3.63) is 0 Å². The van der Waals surface area contributed by atoms with Crippen molar-refractivity contribution in [3.8, 4) is 0 Å². The van der Waals surface area contributed by atoms with Crippen LogP contribution in [0.1, 0.15) is 46.0 Å². The predicted molar refractivity (Wildman–Crippen MR) is 77.4 cm³/mol. The first-order valence-electron chi connectivity index (χ1n) is 7.39. The molecule has 1 aliphatic heterocycles. The summed E-state index contributed by atoms with van der Waals surface area (Å²) in [4.78, 5) is 13.2. The van der Waals surface area contributed by atoms with E-state index in [1.54, 1.807) is 0 Å². The summed E-state index contributed by atoms with van der Waals surface area (Å²) in [5.74, 6) is -0.757. The number of sulfone groups is 1. The number of aliphatic carboxylic acids is 1. The van der Waals surface area contributed by atoms with Crippen LogP contribution in [0.5, 0.6) is 0 Å². The lowest BCUT2D eigenvalue weighted by atomic mass is 9.72. The Kier molecular flexibility index (Phi) is 4.44. The first-order valence-corrected chi connectivity index (χ1v) is 9.21. The van der Waals surface area contributed by atoms with Crippen LogP contribution < -0.4 is 0 Å². The van der Waals surface area contributed by atoms with Gasteiger partial charge in [-0.25, -0.2) is 8.42 Å². The van der Waals surface area contributed by atoms with Crippen LogP contribution in [0.2, 0.25) is 0 Å². The van der Waals surface area contributed by atoms with Gasteiger partial charge in [-0.1, -0.05) is 26.7 Å². The molecular weight excluding hydrogens is 278 g/mol. The molecule has 0 aromatic heterocycles. The normalized spacial score (nSPS) is 33.7. The minimum absolute atomic E-state index is 0.00806. The molecule has 1 aliphatic carbocycles. The molecular formula is C14H25NO4S. The summed E-state index contributed by atoms with van der Waals surface area (Å²) in [5, 5.41) is 9.06. The van der Waals surface area contributed by atoms with E-state index >= 15 is 0 Å². The molecule has 2 aliphatic rings.